The Balaban J connectivity index is 2.12. The second-order valence-corrected chi connectivity index (χ2v) is 5.12. The predicted molar refractivity (Wildman–Crippen MR) is 66.5 cm³/mol. The second kappa shape index (κ2) is 3.64. The first-order chi connectivity index (χ1) is 8.19. The molecule has 1 heterocycles. The number of ether oxygens (including phenoxy) is 2. The lowest BCUT2D eigenvalue weighted by Gasteiger charge is -2.23. The van der Waals surface area contributed by atoms with E-state index in [-0.39, 0.29) is 11.5 Å². The Morgan fingerprint density at radius 1 is 1.35 bits per heavy atom. The van der Waals surface area contributed by atoms with Crippen LogP contribution in [0.5, 0.6) is 11.5 Å². The largest absolute Gasteiger partial charge is 0.454 e. The standard InChI is InChI=1S/C14H19NO2/c1-3-10-11(14(6-7-14)9(2)15)4-5-12-13(10)17-8-16-12/h4-5,9H,3,6-8,15H2,1-2H3. The van der Waals surface area contributed by atoms with Crippen molar-refractivity contribution in [3.05, 3.63) is 23.3 Å². The van der Waals surface area contributed by atoms with Crippen LogP contribution in [0.1, 0.15) is 37.8 Å². The molecular formula is C14H19NO2. The number of nitrogens with two attached hydrogens (primary N) is 1. The highest BCUT2D eigenvalue weighted by molar-refractivity contribution is 5.56. The molecule has 0 amide bonds. The molecule has 1 aliphatic heterocycles. The first-order valence-electron chi connectivity index (χ1n) is 6.36. The lowest BCUT2D eigenvalue weighted by Crippen LogP contribution is -2.32. The highest BCUT2D eigenvalue weighted by atomic mass is 16.7. The average Bonchev–Trinajstić information content (AvgIpc) is 3.00. The zero-order chi connectivity index (χ0) is 12.0. The van der Waals surface area contributed by atoms with E-state index in [9.17, 15) is 0 Å². The van der Waals surface area contributed by atoms with Crippen molar-refractivity contribution in [3.8, 4) is 11.5 Å². The lowest BCUT2D eigenvalue weighted by molar-refractivity contribution is 0.173. The molecule has 0 radical (unpaired) electrons. The molecule has 92 valence electrons. The van der Waals surface area contributed by atoms with Crippen molar-refractivity contribution in [2.45, 2.75) is 44.6 Å². The molecule has 3 rings (SSSR count). The molecule has 0 aromatic heterocycles. The monoisotopic (exact) mass is 233 g/mol. The minimum Gasteiger partial charge on any atom is -0.454 e. The molecule has 1 fully saturated rings. The summed E-state index contributed by atoms with van der Waals surface area (Å²) < 4.78 is 11.0. The maximum Gasteiger partial charge on any atom is 0.231 e. The van der Waals surface area contributed by atoms with E-state index in [1.54, 1.807) is 0 Å². The van der Waals surface area contributed by atoms with Gasteiger partial charge in [0.1, 0.15) is 0 Å². The quantitative estimate of drug-likeness (QED) is 0.871. The molecule has 1 unspecified atom stereocenters. The van der Waals surface area contributed by atoms with Gasteiger partial charge in [0.15, 0.2) is 11.5 Å². The van der Waals surface area contributed by atoms with Gasteiger partial charge in [-0.3, -0.25) is 0 Å². The van der Waals surface area contributed by atoms with E-state index in [2.05, 4.69) is 19.9 Å². The van der Waals surface area contributed by atoms with Crippen LogP contribution in [-0.2, 0) is 11.8 Å². The molecule has 1 atom stereocenters. The molecule has 1 aromatic carbocycles. The Kier molecular flexibility index (Phi) is 2.33. The van der Waals surface area contributed by atoms with Gasteiger partial charge in [0.25, 0.3) is 0 Å². The van der Waals surface area contributed by atoms with Gasteiger partial charge in [-0.25, -0.2) is 0 Å². The van der Waals surface area contributed by atoms with Crippen LogP contribution >= 0.6 is 0 Å². The van der Waals surface area contributed by atoms with E-state index in [0.29, 0.717) is 6.79 Å². The van der Waals surface area contributed by atoms with Gasteiger partial charge in [-0.15, -0.1) is 0 Å². The number of benzene rings is 1. The fourth-order valence-electron chi connectivity index (χ4n) is 2.95. The Morgan fingerprint density at radius 2 is 2.12 bits per heavy atom. The van der Waals surface area contributed by atoms with Gasteiger partial charge in [-0.1, -0.05) is 13.0 Å². The van der Waals surface area contributed by atoms with Crippen molar-refractivity contribution < 1.29 is 9.47 Å². The molecule has 1 saturated carbocycles. The Bertz CT molecular complexity index is 450. The number of hydrogen-bond acceptors (Lipinski definition) is 3. The molecule has 1 aromatic rings. The Labute approximate surface area is 102 Å². The Hall–Kier alpha value is -1.22. The molecular weight excluding hydrogens is 214 g/mol. The minimum atomic E-state index is 0.187. The third kappa shape index (κ3) is 1.45. The van der Waals surface area contributed by atoms with Crippen molar-refractivity contribution in [2.24, 2.45) is 5.73 Å². The summed E-state index contributed by atoms with van der Waals surface area (Å²) in [4.78, 5) is 0. The molecule has 0 spiro atoms. The van der Waals surface area contributed by atoms with Crippen molar-refractivity contribution in [1.82, 2.24) is 0 Å². The fraction of sp³-hybridized carbons (Fsp3) is 0.571. The molecule has 0 saturated heterocycles. The summed E-state index contributed by atoms with van der Waals surface area (Å²) >= 11 is 0. The summed E-state index contributed by atoms with van der Waals surface area (Å²) in [5.41, 5.74) is 9.01. The van der Waals surface area contributed by atoms with E-state index in [0.717, 1.165) is 17.9 Å². The van der Waals surface area contributed by atoms with Crippen molar-refractivity contribution >= 4 is 0 Å². The Morgan fingerprint density at radius 3 is 2.71 bits per heavy atom. The lowest BCUT2D eigenvalue weighted by atomic mass is 9.85. The van der Waals surface area contributed by atoms with E-state index < -0.39 is 0 Å². The number of fused-ring (bicyclic) bond motifs is 1. The maximum atomic E-state index is 6.16. The molecule has 1 aliphatic carbocycles. The van der Waals surface area contributed by atoms with Gasteiger partial charge in [0, 0.05) is 17.0 Å². The van der Waals surface area contributed by atoms with Crippen LogP contribution in [0.4, 0.5) is 0 Å². The number of hydrogen-bond donors (Lipinski definition) is 1. The summed E-state index contributed by atoms with van der Waals surface area (Å²) in [6, 6.07) is 4.41. The summed E-state index contributed by atoms with van der Waals surface area (Å²) in [5.74, 6) is 1.82. The highest BCUT2D eigenvalue weighted by Gasteiger charge is 2.49. The normalized spacial score (nSPS) is 21.4. The van der Waals surface area contributed by atoms with Gasteiger partial charge < -0.3 is 15.2 Å². The van der Waals surface area contributed by atoms with Crippen LogP contribution in [0.25, 0.3) is 0 Å². The molecule has 3 heteroatoms. The molecule has 2 N–H and O–H groups in total. The van der Waals surface area contributed by atoms with Crippen LogP contribution in [0.3, 0.4) is 0 Å². The van der Waals surface area contributed by atoms with Crippen LogP contribution < -0.4 is 15.2 Å². The SMILES string of the molecule is CCc1c(C2(C(C)N)CC2)ccc2c1OCO2. The van der Waals surface area contributed by atoms with Gasteiger partial charge in [0.2, 0.25) is 6.79 Å². The first-order valence-corrected chi connectivity index (χ1v) is 6.36. The minimum absolute atomic E-state index is 0.187. The topological polar surface area (TPSA) is 44.5 Å². The van der Waals surface area contributed by atoms with Gasteiger partial charge in [-0.2, -0.15) is 0 Å². The smallest absolute Gasteiger partial charge is 0.231 e. The molecule has 2 aliphatic rings. The van der Waals surface area contributed by atoms with Crippen molar-refractivity contribution in [1.29, 1.82) is 0 Å². The molecule has 0 bridgehead atoms. The van der Waals surface area contributed by atoms with E-state index in [1.807, 2.05) is 6.07 Å². The number of rotatable bonds is 3. The van der Waals surface area contributed by atoms with Crippen molar-refractivity contribution in [3.63, 3.8) is 0 Å². The van der Waals surface area contributed by atoms with Crippen LogP contribution in [0.2, 0.25) is 0 Å². The zero-order valence-electron chi connectivity index (χ0n) is 10.5. The van der Waals surface area contributed by atoms with Crippen molar-refractivity contribution in [2.75, 3.05) is 6.79 Å². The van der Waals surface area contributed by atoms with Crippen LogP contribution in [0.15, 0.2) is 12.1 Å². The third-order valence-electron chi connectivity index (χ3n) is 4.19. The summed E-state index contributed by atoms with van der Waals surface area (Å²) in [7, 11) is 0. The summed E-state index contributed by atoms with van der Waals surface area (Å²) in [6.45, 7) is 4.62. The van der Waals surface area contributed by atoms with Gasteiger partial charge in [0.05, 0.1) is 0 Å². The van der Waals surface area contributed by atoms with Crippen LogP contribution in [-0.4, -0.2) is 12.8 Å². The van der Waals surface area contributed by atoms with E-state index >= 15 is 0 Å². The zero-order valence-corrected chi connectivity index (χ0v) is 10.5. The van der Waals surface area contributed by atoms with E-state index in [1.165, 1.54) is 24.0 Å². The predicted octanol–water partition coefficient (Wildman–Crippen LogP) is 2.36. The summed E-state index contributed by atoms with van der Waals surface area (Å²) in [5, 5.41) is 0. The fourth-order valence-corrected chi connectivity index (χ4v) is 2.95. The third-order valence-corrected chi connectivity index (χ3v) is 4.19. The van der Waals surface area contributed by atoms with Crippen LogP contribution in [0, 0.1) is 0 Å². The van der Waals surface area contributed by atoms with Gasteiger partial charge in [-0.05, 0) is 37.8 Å². The molecule has 3 nitrogen and oxygen atoms in total. The second-order valence-electron chi connectivity index (χ2n) is 5.12. The average molecular weight is 233 g/mol. The highest BCUT2D eigenvalue weighted by Crippen LogP contribution is 2.54. The summed E-state index contributed by atoms with van der Waals surface area (Å²) in [6.07, 6.45) is 3.35. The molecule has 17 heavy (non-hydrogen) atoms. The van der Waals surface area contributed by atoms with Gasteiger partial charge >= 0.3 is 0 Å². The maximum absolute atomic E-state index is 6.16. The van der Waals surface area contributed by atoms with E-state index in [4.69, 9.17) is 15.2 Å². The first kappa shape index (κ1) is 10.9.